The molecule has 3 aromatic rings. The molecule has 0 bridgehead atoms. The van der Waals surface area contributed by atoms with Crippen LogP contribution in [0, 0.1) is 6.92 Å². The molecule has 3 aromatic heterocycles. The number of aromatic nitrogens is 3. The lowest BCUT2D eigenvalue weighted by Crippen LogP contribution is -2.32. The summed E-state index contributed by atoms with van der Waals surface area (Å²) >= 11 is 2.97. The quantitative estimate of drug-likeness (QED) is 0.672. The van der Waals surface area contributed by atoms with Crippen LogP contribution >= 0.6 is 22.7 Å². The molecule has 3 heterocycles. The van der Waals surface area contributed by atoms with Crippen molar-refractivity contribution < 1.29 is 9.90 Å². The van der Waals surface area contributed by atoms with E-state index in [4.69, 9.17) is 0 Å². The number of thiazole rings is 1. The fraction of sp³-hybridized carbons (Fsp3) is 0.333. The molecule has 0 aliphatic heterocycles. The summed E-state index contributed by atoms with van der Waals surface area (Å²) in [7, 11) is 0. The first-order valence-electron chi connectivity index (χ1n) is 8.35. The largest absolute Gasteiger partial charge is 0.395 e. The normalized spacial score (nSPS) is 10.9. The molecule has 0 radical (unpaired) electrons. The number of rotatable bonds is 7. The Bertz CT molecular complexity index is 876. The van der Waals surface area contributed by atoms with Gasteiger partial charge in [-0.3, -0.25) is 4.79 Å². The van der Waals surface area contributed by atoms with Crippen LogP contribution in [-0.4, -0.2) is 44.0 Å². The number of aliphatic hydroxyl groups excluding tert-OH is 1. The molecule has 8 heteroatoms. The third kappa shape index (κ3) is 4.14. The zero-order chi connectivity index (χ0) is 18.5. The van der Waals surface area contributed by atoms with Crippen LogP contribution in [0.15, 0.2) is 30.6 Å². The van der Waals surface area contributed by atoms with Crippen molar-refractivity contribution in [1.82, 2.24) is 19.9 Å². The minimum Gasteiger partial charge on any atom is -0.395 e. The van der Waals surface area contributed by atoms with Crippen molar-refractivity contribution in [3.8, 4) is 10.8 Å². The molecule has 0 aliphatic carbocycles. The summed E-state index contributed by atoms with van der Waals surface area (Å²) in [5.41, 5.74) is 0.743. The van der Waals surface area contributed by atoms with E-state index >= 15 is 0 Å². The maximum absolute atomic E-state index is 13.1. The highest BCUT2D eigenvalue weighted by Gasteiger charge is 2.24. The Labute approximate surface area is 160 Å². The highest BCUT2D eigenvalue weighted by molar-refractivity contribution is 7.17. The number of aliphatic hydroxyl groups is 1. The Morgan fingerprint density at radius 1 is 1.23 bits per heavy atom. The number of hydrogen-bond donors (Lipinski definition) is 1. The summed E-state index contributed by atoms with van der Waals surface area (Å²) < 4.78 is 0. The van der Waals surface area contributed by atoms with Crippen molar-refractivity contribution in [3.63, 3.8) is 0 Å². The van der Waals surface area contributed by atoms with Crippen LogP contribution in [-0.2, 0) is 13.0 Å². The van der Waals surface area contributed by atoms with E-state index in [1.54, 1.807) is 34.7 Å². The second-order valence-corrected chi connectivity index (χ2v) is 8.05. The third-order valence-corrected chi connectivity index (χ3v) is 5.85. The van der Waals surface area contributed by atoms with Crippen molar-refractivity contribution in [2.45, 2.75) is 26.8 Å². The van der Waals surface area contributed by atoms with Crippen molar-refractivity contribution >= 4 is 28.6 Å². The van der Waals surface area contributed by atoms with Crippen LogP contribution < -0.4 is 0 Å². The first-order chi connectivity index (χ1) is 12.6. The Morgan fingerprint density at radius 3 is 2.62 bits per heavy atom. The zero-order valence-electron chi connectivity index (χ0n) is 14.7. The number of hydrogen-bond acceptors (Lipinski definition) is 7. The summed E-state index contributed by atoms with van der Waals surface area (Å²) in [5.74, 6) is 0.412. The standard InChI is InChI=1S/C18H20N4O2S2/c1-3-14-15(26-17(21-14)16-19-7-4-8-20-16)18(24)22(9-10-23)11-13-6-5-12(2)25-13/h4-8,23H,3,9-11H2,1-2H3. The van der Waals surface area contributed by atoms with Crippen molar-refractivity contribution in [1.29, 1.82) is 0 Å². The molecule has 0 aliphatic rings. The second kappa shape index (κ2) is 8.48. The highest BCUT2D eigenvalue weighted by Crippen LogP contribution is 2.28. The Hall–Kier alpha value is -2.16. The summed E-state index contributed by atoms with van der Waals surface area (Å²) in [5, 5.41) is 10.0. The minimum atomic E-state index is -0.110. The number of thiophene rings is 1. The predicted molar refractivity (Wildman–Crippen MR) is 103 cm³/mol. The van der Waals surface area contributed by atoms with E-state index < -0.39 is 0 Å². The molecule has 0 saturated heterocycles. The highest BCUT2D eigenvalue weighted by atomic mass is 32.1. The number of carbonyl (C=O) groups excluding carboxylic acids is 1. The topological polar surface area (TPSA) is 79.2 Å². The Morgan fingerprint density at radius 2 is 2.00 bits per heavy atom. The van der Waals surface area contributed by atoms with Crippen LogP contribution in [0.4, 0.5) is 0 Å². The smallest absolute Gasteiger partial charge is 0.266 e. The van der Waals surface area contributed by atoms with Gasteiger partial charge in [0.1, 0.15) is 4.88 Å². The van der Waals surface area contributed by atoms with Gasteiger partial charge < -0.3 is 10.0 Å². The number of carbonyl (C=O) groups is 1. The van der Waals surface area contributed by atoms with Crippen LogP contribution in [0.3, 0.4) is 0 Å². The number of aryl methyl sites for hydroxylation is 2. The van der Waals surface area contributed by atoms with Gasteiger partial charge in [0.2, 0.25) is 0 Å². The van der Waals surface area contributed by atoms with Crippen molar-refractivity contribution in [3.05, 3.63) is 50.9 Å². The molecule has 0 atom stereocenters. The van der Waals surface area contributed by atoms with E-state index in [-0.39, 0.29) is 19.1 Å². The van der Waals surface area contributed by atoms with Crippen LogP contribution in [0.5, 0.6) is 0 Å². The summed E-state index contributed by atoms with van der Waals surface area (Å²) in [6.07, 6.45) is 3.97. The number of nitrogens with zero attached hydrogens (tertiary/aromatic N) is 4. The summed E-state index contributed by atoms with van der Waals surface area (Å²) in [6.45, 7) is 4.70. The SMILES string of the molecule is CCc1nc(-c2ncccn2)sc1C(=O)N(CCO)Cc1ccc(C)s1. The van der Waals surface area contributed by atoms with Gasteiger partial charge in [0.15, 0.2) is 10.8 Å². The molecule has 1 N–H and O–H groups in total. The van der Waals surface area contributed by atoms with Gasteiger partial charge in [-0.05, 0) is 31.5 Å². The van der Waals surface area contributed by atoms with Gasteiger partial charge in [-0.25, -0.2) is 15.0 Å². The van der Waals surface area contributed by atoms with E-state index in [1.807, 2.05) is 26.0 Å². The molecule has 0 aromatic carbocycles. The fourth-order valence-corrected chi connectivity index (χ4v) is 4.51. The molecule has 0 fully saturated rings. The maximum atomic E-state index is 13.1. The van der Waals surface area contributed by atoms with Crippen molar-refractivity contribution in [2.75, 3.05) is 13.2 Å². The molecule has 6 nitrogen and oxygen atoms in total. The van der Waals surface area contributed by atoms with E-state index in [1.165, 1.54) is 16.2 Å². The fourth-order valence-electron chi connectivity index (χ4n) is 2.54. The van der Waals surface area contributed by atoms with E-state index in [0.29, 0.717) is 28.7 Å². The molecule has 1 amide bonds. The Balaban J connectivity index is 1.89. The lowest BCUT2D eigenvalue weighted by Gasteiger charge is -2.20. The number of amides is 1. The zero-order valence-corrected chi connectivity index (χ0v) is 16.3. The van der Waals surface area contributed by atoms with Gasteiger partial charge >= 0.3 is 0 Å². The summed E-state index contributed by atoms with van der Waals surface area (Å²) in [6, 6.07) is 5.81. The second-order valence-electron chi connectivity index (χ2n) is 5.68. The molecular weight excluding hydrogens is 368 g/mol. The predicted octanol–water partition coefficient (Wildman–Crippen LogP) is 3.17. The average molecular weight is 389 g/mol. The van der Waals surface area contributed by atoms with E-state index in [0.717, 1.165) is 10.6 Å². The lowest BCUT2D eigenvalue weighted by atomic mass is 10.2. The van der Waals surface area contributed by atoms with Gasteiger partial charge in [-0.2, -0.15) is 0 Å². The van der Waals surface area contributed by atoms with Gasteiger partial charge in [0.25, 0.3) is 5.91 Å². The molecule has 136 valence electrons. The van der Waals surface area contributed by atoms with Gasteiger partial charge in [0, 0.05) is 28.7 Å². The molecule has 0 unspecified atom stereocenters. The molecular formula is C18H20N4O2S2. The molecule has 3 rings (SSSR count). The van der Waals surface area contributed by atoms with Crippen LogP contribution in [0.25, 0.3) is 10.8 Å². The maximum Gasteiger partial charge on any atom is 0.266 e. The van der Waals surface area contributed by atoms with Gasteiger partial charge in [-0.15, -0.1) is 22.7 Å². The molecule has 26 heavy (non-hydrogen) atoms. The van der Waals surface area contributed by atoms with E-state index in [2.05, 4.69) is 15.0 Å². The first kappa shape index (κ1) is 18.6. The Kier molecular flexibility index (Phi) is 6.08. The van der Waals surface area contributed by atoms with Crippen molar-refractivity contribution in [2.24, 2.45) is 0 Å². The lowest BCUT2D eigenvalue weighted by molar-refractivity contribution is 0.0713. The van der Waals surface area contributed by atoms with Gasteiger partial charge in [-0.1, -0.05) is 6.92 Å². The monoisotopic (exact) mass is 388 g/mol. The van der Waals surface area contributed by atoms with Crippen LogP contribution in [0.2, 0.25) is 0 Å². The van der Waals surface area contributed by atoms with Gasteiger partial charge in [0.05, 0.1) is 18.8 Å². The molecule has 0 spiro atoms. The minimum absolute atomic E-state index is 0.0784. The first-order valence-corrected chi connectivity index (χ1v) is 9.98. The summed E-state index contributed by atoms with van der Waals surface area (Å²) in [4.78, 5) is 30.7. The molecule has 0 saturated carbocycles. The average Bonchev–Trinajstić information content (AvgIpc) is 3.27. The van der Waals surface area contributed by atoms with E-state index in [9.17, 15) is 9.90 Å². The van der Waals surface area contributed by atoms with Crippen LogP contribution in [0.1, 0.15) is 32.0 Å². The third-order valence-electron chi connectivity index (χ3n) is 3.78.